The van der Waals surface area contributed by atoms with Gasteiger partial charge in [0.2, 0.25) is 10.0 Å². The standard InChI is InChI=1S/C16H16N2O5S/c1-11(16(20)21)18-24(22,23)14-9-7-13(8-10-14)17-15(19)12-5-3-2-4-6-12/h2-11,18H,1H3,(H,17,19)(H,20,21)/t11-/m1/s1. The van der Waals surface area contributed by atoms with Crippen LogP contribution in [0.1, 0.15) is 17.3 Å². The van der Waals surface area contributed by atoms with Crippen LogP contribution in [0.2, 0.25) is 0 Å². The molecular weight excluding hydrogens is 332 g/mol. The van der Waals surface area contributed by atoms with Crippen molar-refractivity contribution < 1.29 is 23.1 Å². The lowest BCUT2D eigenvalue weighted by molar-refractivity contribution is -0.138. The molecule has 1 atom stereocenters. The molecule has 2 aromatic carbocycles. The van der Waals surface area contributed by atoms with Gasteiger partial charge in [0.05, 0.1) is 4.90 Å². The predicted octanol–water partition coefficient (Wildman–Crippen LogP) is 1.69. The number of carbonyl (C=O) groups excluding carboxylic acids is 1. The first-order chi connectivity index (χ1) is 11.3. The summed E-state index contributed by atoms with van der Waals surface area (Å²) in [5, 5.41) is 11.4. The van der Waals surface area contributed by atoms with Gasteiger partial charge in [-0.2, -0.15) is 4.72 Å². The minimum absolute atomic E-state index is 0.0895. The number of hydrogen-bond donors (Lipinski definition) is 3. The van der Waals surface area contributed by atoms with Gasteiger partial charge in [-0.05, 0) is 43.3 Å². The smallest absolute Gasteiger partial charge is 0.321 e. The Labute approximate surface area is 139 Å². The van der Waals surface area contributed by atoms with Gasteiger partial charge in [-0.25, -0.2) is 8.42 Å². The average molecular weight is 348 g/mol. The number of amides is 1. The minimum Gasteiger partial charge on any atom is -0.480 e. The summed E-state index contributed by atoms with van der Waals surface area (Å²) in [4.78, 5) is 22.7. The summed E-state index contributed by atoms with van der Waals surface area (Å²) in [6.45, 7) is 1.23. The van der Waals surface area contributed by atoms with Gasteiger partial charge in [0.1, 0.15) is 6.04 Å². The summed E-state index contributed by atoms with van der Waals surface area (Å²) < 4.78 is 26.1. The molecule has 0 radical (unpaired) electrons. The number of anilines is 1. The highest BCUT2D eigenvalue weighted by atomic mass is 32.2. The molecule has 24 heavy (non-hydrogen) atoms. The Kier molecular flexibility index (Phi) is 5.32. The number of carboxylic acids is 1. The van der Waals surface area contributed by atoms with E-state index < -0.39 is 22.0 Å². The van der Waals surface area contributed by atoms with Crippen LogP contribution < -0.4 is 10.0 Å². The Bertz CT molecular complexity index is 833. The van der Waals surface area contributed by atoms with E-state index in [9.17, 15) is 18.0 Å². The number of hydrogen-bond acceptors (Lipinski definition) is 4. The normalized spacial score (nSPS) is 12.4. The summed E-state index contributed by atoms with van der Waals surface area (Å²) in [5.41, 5.74) is 0.903. The van der Waals surface area contributed by atoms with E-state index >= 15 is 0 Å². The Morgan fingerprint density at radius 3 is 2.12 bits per heavy atom. The maximum absolute atomic E-state index is 12.0. The molecule has 126 valence electrons. The second-order valence-corrected chi connectivity index (χ2v) is 6.74. The third kappa shape index (κ3) is 4.40. The lowest BCUT2D eigenvalue weighted by Gasteiger charge is -2.11. The van der Waals surface area contributed by atoms with Gasteiger partial charge < -0.3 is 10.4 Å². The van der Waals surface area contributed by atoms with Crippen molar-refractivity contribution in [3.63, 3.8) is 0 Å². The summed E-state index contributed by atoms with van der Waals surface area (Å²) >= 11 is 0. The molecule has 1 amide bonds. The van der Waals surface area contributed by atoms with Crippen LogP contribution in [-0.4, -0.2) is 31.4 Å². The lowest BCUT2D eigenvalue weighted by atomic mass is 10.2. The fourth-order valence-electron chi connectivity index (χ4n) is 1.86. The first-order valence-corrected chi connectivity index (χ1v) is 8.49. The zero-order valence-electron chi connectivity index (χ0n) is 12.8. The van der Waals surface area contributed by atoms with E-state index in [1.165, 1.54) is 31.2 Å². The van der Waals surface area contributed by atoms with Gasteiger partial charge in [-0.3, -0.25) is 9.59 Å². The van der Waals surface area contributed by atoms with Crippen molar-refractivity contribution >= 4 is 27.6 Å². The van der Waals surface area contributed by atoms with Gasteiger partial charge in [0, 0.05) is 11.3 Å². The fraction of sp³-hybridized carbons (Fsp3) is 0.125. The van der Waals surface area contributed by atoms with E-state index in [1.807, 2.05) is 4.72 Å². The van der Waals surface area contributed by atoms with Crippen molar-refractivity contribution in [3.8, 4) is 0 Å². The van der Waals surface area contributed by atoms with Crippen molar-refractivity contribution in [1.29, 1.82) is 0 Å². The maximum Gasteiger partial charge on any atom is 0.321 e. The van der Waals surface area contributed by atoms with Crippen molar-refractivity contribution in [1.82, 2.24) is 4.72 Å². The highest BCUT2D eigenvalue weighted by Crippen LogP contribution is 2.15. The van der Waals surface area contributed by atoms with Crippen LogP contribution >= 0.6 is 0 Å². The molecule has 8 heteroatoms. The number of carbonyl (C=O) groups is 2. The Balaban J connectivity index is 2.10. The molecule has 0 saturated carbocycles. The first-order valence-electron chi connectivity index (χ1n) is 7.01. The highest BCUT2D eigenvalue weighted by Gasteiger charge is 2.21. The van der Waals surface area contributed by atoms with Gasteiger partial charge >= 0.3 is 5.97 Å². The maximum atomic E-state index is 12.0. The molecule has 0 spiro atoms. The Morgan fingerprint density at radius 2 is 1.58 bits per heavy atom. The number of rotatable bonds is 6. The molecule has 0 bridgehead atoms. The molecule has 3 N–H and O–H groups in total. The number of carboxylic acid groups (broad SMARTS) is 1. The van der Waals surface area contributed by atoms with Crippen molar-refractivity contribution in [2.45, 2.75) is 17.9 Å². The third-order valence-electron chi connectivity index (χ3n) is 3.16. The molecule has 0 fully saturated rings. The Morgan fingerprint density at radius 1 is 1.00 bits per heavy atom. The quantitative estimate of drug-likeness (QED) is 0.735. The van der Waals surface area contributed by atoms with Crippen LogP contribution in [0.5, 0.6) is 0 Å². The van der Waals surface area contributed by atoms with E-state index in [-0.39, 0.29) is 10.8 Å². The number of benzene rings is 2. The minimum atomic E-state index is -3.95. The third-order valence-corrected chi connectivity index (χ3v) is 4.72. The van der Waals surface area contributed by atoms with E-state index in [2.05, 4.69) is 5.32 Å². The lowest BCUT2D eigenvalue weighted by Crippen LogP contribution is -2.38. The second-order valence-electron chi connectivity index (χ2n) is 5.03. The van der Waals surface area contributed by atoms with E-state index in [1.54, 1.807) is 30.3 Å². The summed E-state index contributed by atoms with van der Waals surface area (Å²) in [7, 11) is -3.95. The molecule has 0 heterocycles. The van der Waals surface area contributed by atoms with Crippen LogP contribution in [0.25, 0.3) is 0 Å². The Hall–Kier alpha value is -2.71. The molecule has 0 unspecified atom stereocenters. The molecule has 7 nitrogen and oxygen atoms in total. The average Bonchev–Trinajstić information content (AvgIpc) is 2.55. The summed E-state index contributed by atoms with van der Waals surface area (Å²) in [5.74, 6) is -1.59. The van der Waals surface area contributed by atoms with Gasteiger partial charge in [-0.15, -0.1) is 0 Å². The van der Waals surface area contributed by atoms with Crippen molar-refractivity contribution in [2.75, 3.05) is 5.32 Å². The second kappa shape index (κ2) is 7.24. The first kappa shape index (κ1) is 17.6. The van der Waals surface area contributed by atoms with Crippen molar-refractivity contribution in [3.05, 3.63) is 60.2 Å². The zero-order chi connectivity index (χ0) is 17.7. The largest absolute Gasteiger partial charge is 0.480 e. The van der Waals surface area contributed by atoms with Crippen LogP contribution in [0.15, 0.2) is 59.5 Å². The van der Waals surface area contributed by atoms with Crippen LogP contribution in [0.3, 0.4) is 0 Å². The van der Waals surface area contributed by atoms with Crippen molar-refractivity contribution in [2.24, 2.45) is 0 Å². The molecule has 0 aliphatic rings. The topological polar surface area (TPSA) is 113 Å². The number of nitrogens with one attached hydrogen (secondary N) is 2. The molecular formula is C16H16N2O5S. The molecule has 0 aromatic heterocycles. The molecule has 0 aliphatic heterocycles. The molecule has 2 rings (SSSR count). The summed E-state index contributed by atoms with van der Waals surface area (Å²) in [6.07, 6.45) is 0. The van der Waals surface area contributed by atoms with E-state index in [0.717, 1.165) is 0 Å². The monoisotopic (exact) mass is 348 g/mol. The number of aliphatic carboxylic acids is 1. The summed E-state index contributed by atoms with van der Waals surface area (Å²) in [6, 6.07) is 12.8. The molecule has 2 aromatic rings. The van der Waals surface area contributed by atoms with Crippen LogP contribution in [-0.2, 0) is 14.8 Å². The van der Waals surface area contributed by atoms with Crippen LogP contribution in [0, 0.1) is 0 Å². The molecule has 0 aliphatic carbocycles. The van der Waals surface area contributed by atoms with E-state index in [0.29, 0.717) is 11.3 Å². The molecule has 0 saturated heterocycles. The number of sulfonamides is 1. The van der Waals surface area contributed by atoms with Gasteiger partial charge in [0.15, 0.2) is 0 Å². The fourth-order valence-corrected chi connectivity index (χ4v) is 3.06. The zero-order valence-corrected chi connectivity index (χ0v) is 13.6. The van der Waals surface area contributed by atoms with E-state index in [4.69, 9.17) is 5.11 Å². The predicted molar refractivity (Wildman–Crippen MR) is 88.3 cm³/mol. The van der Waals surface area contributed by atoms with Crippen LogP contribution in [0.4, 0.5) is 5.69 Å². The van der Waals surface area contributed by atoms with Gasteiger partial charge in [-0.1, -0.05) is 18.2 Å². The highest BCUT2D eigenvalue weighted by molar-refractivity contribution is 7.89. The SMILES string of the molecule is C[C@@H](NS(=O)(=O)c1ccc(NC(=O)c2ccccc2)cc1)C(=O)O. The van der Waals surface area contributed by atoms with Gasteiger partial charge in [0.25, 0.3) is 5.91 Å².